The number of rotatable bonds is 7. The van der Waals surface area contributed by atoms with Crippen LogP contribution in [-0.4, -0.2) is 36.8 Å². The van der Waals surface area contributed by atoms with Gasteiger partial charge in [-0.05, 0) is 31.2 Å². The van der Waals surface area contributed by atoms with E-state index in [0.29, 0.717) is 5.69 Å². The molecule has 0 aliphatic heterocycles. The van der Waals surface area contributed by atoms with Crippen molar-refractivity contribution in [3.63, 3.8) is 0 Å². The summed E-state index contributed by atoms with van der Waals surface area (Å²) in [6, 6.07) is 15.9. The molecule has 0 aliphatic rings. The van der Waals surface area contributed by atoms with Crippen molar-refractivity contribution in [2.24, 2.45) is 0 Å². The van der Waals surface area contributed by atoms with E-state index in [0.717, 1.165) is 4.90 Å². The molecule has 2 aromatic rings. The van der Waals surface area contributed by atoms with Crippen LogP contribution >= 0.6 is 11.8 Å². The van der Waals surface area contributed by atoms with Gasteiger partial charge in [0.25, 0.3) is 5.91 Å². The van der Waals surface area contributed by atoms with Crippen molar-refractivity contribution in [3.05, 3.63) is 60.2 Å². The summed E-state index contributed by atoms with van der Waals surface area (Å²) >= 11 is 1.35. The van der Waals surface area contributed by atoms with Crippen molar-refractivity contribution in [2.45, 2.75) is 17.1 Å². The van der Waals surface area contributed by atoms with Crippen LogP contribution in [0.5, 0.6) is 0 Å². The number of carbonyl (C=O) groups excluding carboxylic acids is 3. The fraction of sp³-hybridized carbons (Fsp3) is 0.211. The number of benzene rings is 2. The highest BCUT2D eigenvalue weighted by Crippen LogP contribution is 2.23. The third-order valence-electron chi connectivity index (χ3n) is 3.34. The van der Waals surface area contributed by atoms with Gasteiger partial charge in [-0.1, -0.05) is 30.3 Å². The maximum absolute atomic E-state index is 12.0. The van der Waals surface area contributed by atoms with Crippen molar-refractivity contribution in [1.29, 1.82) is 0 Å². The topological polar surface area (TPSA) is 81.7 Å². The van der Waals surface area contributed by atoms with Crippen LogP contribution in [0.1, 0.15) is 17.3 Å². The second kappa shape index (κ2) is 9.62. The monoisotopic (exact) mass is 373 g/mol. The highest BCUT2D eigenvalue weighted by atomic mass is 32.2. The molecule has 1 N–H and O–H groups in total. The van der Waals surface area contributed by atoms with E-state index < -0.39 is 29.7 Å². The number of thioether (sulfide) groups is 1. The van der Waals surface area contributed by atoms with Gasteiger partial charge >= 0.3 is 11.9 Å². The summed E-state index contributed by atoms with van der Waals surface area (Å²) < 4.78 is 9.72. The standard InChI is InChI=1S/C19H19NO5S/c1-13(26-14-8-4-3-5-9-14)18(22)25-12-17(21)20-16-11-7-6-10-15(16)19(23)24-2/h3-11,13H,12H2,1-2H3,(H,20,21)/t13-/m1/s1. The van der Waals surface area contributed by atoms with Crippen molar-refractivity contribution in [2.75, 3.05) is 19.0 Å². The van der Waals surface area contributed by atoms with Crippen LogP contribution in [0.25, 0.3) is 0 Å². The van der Waals surface area contributed by atoms with E-state index in [1.54, 1.807) is 25.1 Å². The Morgan fingerprint density at radius 2 is 1.69 bits per heavy atom. The number of nitrogens with one attached hydrogen (secondary N) is 1. The maximum Gasteiger partial charge on any atom is 0.339 e. The highest BCUT2D eigenvalue weighted by Gasteiger charge is 2.18. The van der Waals surface area contributed by atoms with Crippen LogP contribution in [0.3, 0.4) is 0 Å². The Bertz CT molecular complexity index is 779. The van der Waals surface area contributed by atoms with Crippen molar-refractivity contribution in [1.82, 2.24) is 0 Å². The minimum atomic E-state index is -0.564. The largest absolute Gasteiger partial charge is 0.465 e. The number of ether oxygens (including phenoxy) is 2. The molecule has 6 nitrogen and oxygen atoms in total. The van der Waals surface area contributed by atoms with E-state index in [-0.39, 0.29) is 5.56 Å². The van der Waals surface area contributed by atoms with E-state index in [1.165, 1.54) is 24.9 Å². The third-order valence-corrected chi connectivity index (χ3v) is 4.43. The van der Waals surface area contributed by atoms with Crippen LogP contribution in [0, 0.1) is 0 Å². The lowest BCUT2D eigenvalue weighted by molar-refractivity contribution is -0.146. The first-order valence-electron chi connectivity index (χ1n) is 7.86. The Kier molecular flexibility index (Phi) is 7.23. The normalized spacial score (nSPS) is 11.3. The van der Waals surface area contributed by atoms with Crippen LogP contribution in [0.4, 0.5) is 5.69 Å². The van der Waals surface area contributed by atoms with Gasteiger partial charge in [0, 0.05) is 4.90 Å². The number of esters is 2. The molecule has 7 heteroatoms. The Morgan fingerprint density at radius 3 is 2.38 bits per heavy atom. The number of para-hydroxylation sites is 1. The van der Waals surface area contributed by atoms with Gasteiger partial charge in [0.05, 0.1) is 18.4 Å². The average Bonchev–Trinajstić information content (AvgIpc) is 2.66. The number of anilines is 1. The molecule has 26 heavy (non-hydrogen) atoms. The average molecular weight is 373 g/mol. The molecule has 0 saturated carbocycles. The molecule has 0 fully saturated rings. The van der Waals surface area contributed by atoms with Crippen molar-refractivity contribution in [3.8, 4) is 0 Å². The lowest BCUT2D eigenvalue weighted by Gasteiger charge is -2.12. The Hall–Kier alpha value is -2.80. The van der Waals surface area contributed by atoms with Crippen LogP contribution in [0.2, 0.25) is 0 Å². The predicted octanol–water partition coefficient (Wildman–Crippen LogP) is 3.14. The van der Waals surface area contributed by atoms with Gasteiger partial charge in [-0.25, -0.2) is 4.79 Å². The first-order chi connectivity index (χ1) is 12.5. The van der Waals surface area contributed by atoms with E-state index in [4.69, 9.17) is 4.74 Å². The molecule has 0 radical (unpaired) electrons. The SMILES string of the molecule is COC(=O)c1ccccc1NC(=O)COC(=O)[C@@H](C)Sc1ccccc1. The third kappa shape index (κ3) is 5.63. The van der Waals surface area contributed by atoms with E-state index >= 15 is 0 Å². The van der Waals surface area contributed by atoms with Gasteiger partial charge in [0.1, 0.15) is 5.25 Å². The Labute approximate surface area is 155 Å². The molecule has 0 aromatic heterocycles. The quantitative estimate of drug-likeness (QED) is 0.593. The molecule has 2 aromatic carbocycles. The van der Waals surface area contributed by atoms with Crippen LogP contribution in [-0.2, 0) is 19.1 Å². The molecule has 0 unspecified atom stereocenters. The van der Waals surface area contributed by atoms with E-state index in [1.807, 2.05) is 30.3 Å². The molecule has 2 rings (SSSR count). The number of hydrogen-bond acceptors (Lipinski definition) is 6. The summed E-state index contributed by atoms with van der Waals surface area (Å²) in [4.78, 5) is 36.7. The maximum atomic E-state index is 12.0. The van der Waals surface area contributed by atoms with Gasteiger partial charge < -0.3 is 14.8 Å². The summed E-state index contributed by atoms with van der Waals surface area (Å²) in [5.41, 5.74) is 0.523. The van der Waals surface area contributed by atoms with Crippen LogP contribution in [0.15, 0.2) is 59.5 Å². The zero-order valence-corrected chi connectivity index (χ0v) is 15.2. The zero-order valence-electron chi connectivity index (χ0n) is 14.4. The molecule has 136 valence electrons. The number of hydrogen-bond donors (Lipinski definition) is 1. The molecule has 0 aliphatic carbocycles. The molecule has 1 atom stereocenters. The van der Waals surface area contributed by atoms with Crippen molar-refractivity contribution >= 4 is 35.3 Å². The lowest BCUT2D eigenvalue weighted by Crippen LogP contribution is -2.25. The minimum Gasteiger partial charge on any atom is -0.465 e. The number of methoxy groups -OCH3 is 1. The second-order valence-corrected chi connectivity index (χ2v) is 6.68. The first-order valence-corrected chi connectivity index (χ1v) is 8.74. The van der Waals surface area contributed by atoms with E-state index in [9.17, 15) is 14.4 Å². The van der Waals surface area contributed by atoms with E-state index in [2.05, 4.69) is 10.1 Å². The summed E-state index contributed by atoms with van der Waals surface area (Å²) in [5.74, 6) is -1.59. The Balaban J connectivity index is 1.87. The molecular formula is C19H19NO5S. The fourth-order valence-electron chi connectivity index (χ4n) is 2.07. The lowest BCUT2D eigenvalue weighted by atomic mass is 10.2. The molecule has 0 bridgehead atoms. The molecule has 0 heterocycles. The summed E-state index contributed by atoms with van der Waals surface area (Å²) in [7, 11) is 1.26. The summed E-state index contributed by atoms with van der Waals surface area (Å²) in [6.45, 7) is 1.28. The summed E-state index contributed by atoms with van der Waals surface area (Å²) in [6.07, 6.45) is 0. The highest BCUT2D eigenvalue weighted by molar-refractivity contribution is 8.00. The molecule has 0 saturated heterocycles. The zero-order chi connectivity index (χ0) is 18.9. The van der Waals surface area contributed by atoms with Crippen LogP contribution < -0.4 is 5.32 Å². The second-order valence-electron chi connectivity index (χ2n) is 5.27. The molecule has 1 amide bonds. The van der Waals surface area contributed by atoms with Gasteiger partial charge in [0.2, 0.25) is 0 Å². The minimum absolute atomic E-state index is 0.225. The van der Waals surface area contributed by atoms with Gasteiger partial charge in [-0.3, -0.25) is 9.59 Å². The van der Waals surface area contributed by atoms with Gasteiger partial charge in [-0.15, -0.1) is 11.8 Å². The number of carbonyl (C=O) groups is 3. The predicted molar refractivity (Wildman–Crippen MR) is 99.1 cm³/mol. The van der Waals surface area contributed by atoms with Gasteiger partial charge in [0.15, 0.2) is 6.61 Å². The summed E-state index contributed by atoms with van der Waals surface area (Å²) in [5, 5.41) is 2.09. The smallest absolute Gasteiger partial charge is 0.339 e. The first kappa shape index (κ1) is 19.5. The van der Waals surface area contributed by atoms with Crippen molar-refractivity contribution < 1.29 is 23.9 Å². The molecule has 0 spiro atoms. The van der Waals surface area contributed by atoms with Gasteiger partial charge in [-0.2, -0.15) is 0 Å². The fourth-order valence-corrected chi connectivity index (χ4v) is 2.96. The Morgan fingerprint density at radius 1 is 1.04 bits per heavy atom. The number of amides is 1. The molecular weight excluding hydrogens is 354 g/mol.